The van der Waals surface area contributed by atoms with Gasteiger partial charge in [-0.25, -0.2) is 0 Å². The minimum atomic E-state index is -0.620. The Balaban J connectivity index is 2.26. The van der Waals surface area contributed by atoms with E-state index in [2.05, 4.69) is 5.32 Å². The van der Waals surface area contributed by atoms with Crippen molar-refractivity contribution in [1.82, 2.24) is 5.32 Å². The van der Waals surface area contributed by atoms with Gasteiger partial charge in [-0.15, -0.1) is 0 Å². The lowest BCUT2D eigenvalue weighted by Crippen LogP contribution is -2.28. The van der Waals surface area contributed by atoms with E-state index in [0.717, 1.165) is 5.56 Å². The van der Waals surface area contributed by atoms with Crippen LogP contribution in [-0.2, 0) is 0 Å². The predicted octanol–water partition coefficient (Wildman–Crippen LogP) is 4.15. The largest absolute Gasteiger partial charge is 0.493 e. The summed E-state index contributed by atoms with van der Waals surface area (Å²) in [7, 11) is 3.08. The van der Waals surface area contributed by atoms with Crippen LogP contribution >= 0.6 is 11.6 Å². The fourth-order valence-electron chi connectivity index (χ4n) is 2.53. The molecule has 7 nitrogen and oxygen atoms in total. The predicted molar refractivity (Wildman–Crippen MR) is 98.2 cm³/mol. The van der Waals surface area contributed by atoms with Gasteiger partial charge >= 0.3 is 0 Å². The molecule has 0 saturated carbocycles. The molecule has 2 rings (SSSR count). The highest BCUT2D eigenvalue weighted by atomic mass is 35.5. The number of nitro groups is 1. The molecule has 0 saturated heterocycles. The number of nitrogens with one attached hydrogen (secondary N) is 1. The van der Waals surface area contributed by atoms with E-state index in [1.807, 2.05) is 13.0 Å². The summed E-state index contributed by atoms with van der Waals surface area (Å²) in [6, 6.07) is 9.04. The zero-order valence-electron chi connectivity index (χ0n) is 14.6. The summed E-state index contributed by atoms with van der Waals surface area (Å²) in [6.07, 6.45) is 0.622. The van der Waals surface area contributed by atoms with Crippen molar-refractivity contribution >= 4 is 23.2 Å². The zero-order chi connectivity index (χ0) is 19.3. The van der Waals surface area contributed by atoms with Crippen LogP contribution in [0.25, 0.3) is 0 Å². The van der Waals surface area contributed by atoms with Crippen molar-refractivity contribution in [3.05, 3.63) is 62.7 Å². The molecule has 0 fully saturated rings. The van der Waals surface area contributed by atoms with Crippen LogP contribution in [0.3, 0.4) is 0 Å². The van der Waals surface area contributed by atoms with Crippen LogP contribution in [0.2, 0.25) is 5.02 Å². The molecule has 1 N–H and O–H groups in total. The van der Waals surface area contributed by atoms with Crippen LogP contribution in [0, 0.1) is 10.1 Å². The first-order valence-electron chi connectivity index (χ1n) is 7.88. The van der Waals surface area contributed by atoms with Gasteiger partial charge in [-0.3, -0.25) is 14.9 Å². The third-order valence-electron chi connectivity index (χ3n) is 3.93. The van der Waals surface area contributed by atoms with Gasteiger partial charge in [-0.05, 0) is 36.2 Å². The summed E-state index contributed by atoms with van der Waals surface area (Å²) in [5.41, 5.74) is 0.695. The van der Waals surface area contributed by atoms with Gasteiger partial charge in [0.1, 0.15) is 5.02 Å². The van der Waals surface area contributed by atoms with Crippen molar-refractivity contribution in [3.8, 4) is 11.5 Å². The van der Waals surface area contributed by atoms with Gasteiger partial charge in [0, 0.05) is 11.6 Å². The molecule has 2 aromatic rings. The molecule has 2 aromatic carbocycles. The lowest BCUT2D eigenvalue weighted by molar-refractivity contribution is -0.384. The highest BCUT2D eigenvalue weighted by Crippen LogP contribution is 2.31. The number of nitro benzene ring substituents is 1. The van der Waals surface area contributed by atoms with E-state index in [1.165, 1.54) is 25.3 Å². The van der Waals surface area contributed by atoms with Crippen LogP contribution in [0.4, 0.5) is 5.69 Å². The monoisotopic (exact) mass is 378 g/mol. The topological polar surface area (TPSA) is 90.7 Å². The normalized spacial score (nSPS) is 11.5. The van der Waals surface area contributed by atoms with E-state index in [1.54, 1.807) is 19.2 Å². The first kappa shape index (κ1) is 19.5. The van der Waals surface area contributed by atoms with Crippen LogP contribution in [0.5, 0.6) is 11.5 Å². The zero-order valence-corrected chi connectivity index (χ0v) is 15.4. The second kappa shape index (κ2) is 8.53. The van der Waals surface area contributed by atoms with Crippen molar-refractivity contribution in [2.45, 2.75) is 19.4 Å². The van der Waals surface area contributed by atoms with E-state index in [0.29, 0.717) is 17.9 Å². The lowest BCUT2D eigenvalue weighted by Gasteiger charge is -2.19. The summed E-state index contributed by atoms with van der Waals surface area (Å²) in [6.45, 7) is 1.92. The quantitative estimate of drug-likeness (QED) is 0.577. The van der Waals surface area contributed by atoms with Gasteiger partial charge in [0.15, 0.2) is 11.5 Å². The Morgan fingerprint density at radius 3 is 2.46 bits per heavy atom. The minimum Gasteiger partial charge on any atom is -0.493 e. The molecule has 8 heteroatoms. The van der Waals surface area contributed by atoms with E-state index < -0.39 is 10.8 Å². The average molecular weight is 379 g/mol. The molecule has 0 unspecified atom stereocenters. The molecule has 0 aromatic heterocycles. The Morgan fingerprint density at radius 2 is 1.88 bits per heavy atom. The SMILES string of the molecule is CC[C@@H](NC(=O)c1ccc(Cl)c([N+](=O)[O-])c1)c1ccc(OC)c(OC)c1. The van der Waals surface area contributed by atoms with E-state index >= 15 is 0 Å². The minimum absolute atomic E-state index is 0.0153. The van der Waals surface area contributed by atoms with Crippen molar-refractivity contribution in [1.29, 1.82) is 0 Å². The van der Waals surface area contributed by atoms with Crippen molar-refractivity contribution in [2.75, 3.05) is 14.2 Å². The van der Waals surface area contributed by atoms with Gasteiger partial charge in [0.25, 0.3) is 11.6 Å². The Morgan fingerprint density at radius 1 is 1.19 bits per heavy atom. The molecule has 0 heterocycles. The first-order chi connectivity index (χ1) is 12.4. The Hall–Kier alpha value is -2.80. The molecular weight excluding hydrogens is 360 g/mol. The summed E-state index contributed by atoms with van der Waals surface area (Å²) < 4.78 is 10.5. The van der Waals surface area contributed by atoms with Crippen LogP contribution in [-0.4, -0.2) is 25.1 Å². The number of benzene rings is 2. The van der Waals surface area contributed by atoms with Crippen LogP contribution in [0.1, 0.15) is 35.3 Å². The fraction of sp³-hybridized carbons (Fsp3) is 0.278. The fourth-order valence-corrected chi connectivity index (χ4v) is 2.71. The summed E-state index contributed by atoms with van der Waals surface area (Å²) in [5, 5.41) is 13.8. The molecule has 0 spiro atoms. The number of carbonyl (C=O) groups is 1. The molecular formula is C18H19ClN2O5. The highest BCUT2D eigenvalue weighted by molar-refractivity contribution is 6.32. The van der Waals surface area contributed by atoms with Crippen LogP contribution in [0.15, 0.2) is 36.4 Å². The first-order valence-corrected chi connectivity index (χ1v) is 8.25. The third kappa shape index (κ3) is 4.23. The summed E-state index contributed by atoms with van der Waals surface area (Å²) in [4.78, 5) is 22.9. The van der Waals surface area contributed by atoms with E-state index in [4.69, 9.17) is 21.1 Å². The van der Waals surface area contributed by atoms with Gasteiger partial charge in [0.05, 0.1) is 25.2 Å². The van der Waals surface area contributed by atoms with Gasteiger partial charge in [-0.2, -0.15) is 0 Å². The maximum Gasteiger partial charge on any atom is 0.288 e. The van der Waals surface area contributed by atoms with Gasteiger partial charge < -0.3 is 14.8 Å². The number of rotatable bonds is 7. The van der Waals surface area contributed by atoms with Gasteiger partial charge in [0.2, 0.25) is 0 Å². The number of ether oxygens (including phenoxy) is 2. The highest BCUT2D eigenvalue weighted by Gasteiger charge is 2.19. The molecule has 0 radical (unpaired) electrons. The van der Waals surface area contributed by atoms with Crippen molar-refractivity contribution < 1.29 is 19.2 Å². The molecule has 0 aliphatic heterocycles. The van der Waals surface area contributed by atoms with Crippen molar-refractivity contribution in [2.24, 2.45) is 0 Å². The molecule has 1 amide bonds. The number of amides is 1. The number of hydrogen-bond acceptors (Lipinski definition) is 5. The van der Waals surface area contributed by atoms with E-state index in [9.17, 15) is 14.9 Å². The maximum atomic E-state index is 12.5. The molecule has 1 atom stereocenters. The lowest BCUT2D eigenvalue weighted by atomic mass is 10.0. The Kier molecular flexibility index (Phi) is 6.41. The molecule has 0 aliphatic carbocycles. The van der Waals surface area contributed by atoms with Crippen LogP contribution < -0.4 is 14.8 Å². The number of carbonyl (C=O) groups excluding carboxylic acids is 1. The summed E-state index contributed by atoms with van der Waals surface area (Å²) in [5.74, 6) is 0.719. The Labute approximate surface area is 156 Å². The number of nitrogens with zero attached hydrogens (tertiary/aromatic N) is 1. The maximum absolute atomic E-state index is 12.5. The second-order valence-electron chi connectivity index (χ2n) is 5.47. The Bertz CT molecular complexity index is 825. The third-order valence-corrected chi connectivity index (χ3v) is 4.25. The molecule has 0 aliphatic rings. The molecule has 0 bridgehead atoms. The van der Waals surface area contributed by atoms with Crippen molar-refractivity contribution in [3.63, 3.8) is 0 Å². The van der Waals surface area contributed by atoms with E-state index in [-0.39, 0.29) is 22.3 Å². The molecule has 26 heavy (non-hydrogen) atoms. The van der Waals surface area contributed by atoms with Gasteiger partial charge in [-0.1, -0.05) is 24.6 Å². The average Bonchev–Trinajstić information content (AvgIpc) is 2.65. The smallest absolute Gasteiger partial charge is 0.288 e. The number of methoxy groups -OCH3 is 2. The number of hydrogen-bond donors (Lipinski definition) is 1. The number of halogens is 1. The molecule has 138 valence electrons. The standard InChI is InChI=1S/C18H19ClN2O5/c1-4-14(11-6-8-16(25-2)17(10-11)26-3)20-18(22)12-5-7-13(19)15(9-12)21(23)24/h5-10,14H,4H2,1-3H3,(H,20,22)/t14-/m1/s1. The second-order valence-corrected chi connectivity index (χ2v) is 5.88. The summed E-state index contributed by atoms with van der Waals surface area (Å²) >= 11 is 5.79.